The highest BCUT2D eigenvalue weighted by atomic mass is 19.4. The van der Waals surface area contributed by atoms with Gasteiger partial charge in [-0.05, 0) is 25.5 Å². The van der Waals surface area contributed by atoms with Gasteiger partial charge in [0.2, 0.25) is 0 Å². The molecule has 42 heavy (non-hydrogen) atoms. The van der Waals surface area contributed by atoms with Crippen molar-refractivity contribution >= 4 is 16.7 Å². The van der Waals surface area contributed by atoms with Crippen LogP contribution in [-0.4, -0.2) is 76.9 Å². The maximum Gasteiger partial charge on any atom is 0.419 e. The molecule has 0 aliphatic carbocycles. The molecule has 3 saturated heterocycles. The Morgan fingerprint density at radius 3 is 2.79 bits per heavy atom. The average molecular weight is 592 g/mol. The molecule has 6 rings (SSSR count). The van der Waals surface area contributed by atoms with Crippen molar-refractivity contribution in [1.82, 2.24) is 25.2 Å². The molecule has 1 aromatic carbocycles. The lowest BCUT2D eigenvalue weighted by molar-refractivity contribution is -0.139. The molecule has 3 fully saturated rings. The number of nitrogens with zero attached hydrogens (tertiary/aromatic N) is 6. The Morgan fingerprint density at radius 1 is 1.17 bits per heavy atom. The summed E-state index contributed by atoms with van der Waals surface area (Å²) >= 11 is 0. The molecule has 0 radical (unpaired) electrons. The van der Waals surface area contributed by atoms with E-state index in [0.29, 0.717) is 38.7 Å². The fourth-order valence-electron chi connectivity index (χ4n) is 6.44. The third-order valence-corrected chi connectivity index (χ3v) is 8.32. The van der Waals surface area contributed by atoms with Crippen molar-refractivity contribution in [2.24, 2.45) is 0 Å². The normalized spacial score (nSPS) is 24.6. The number of benzene rings is 1. The molecule has 0 spiro atoms. The molecule has 5 heterocycles. The van der Waals surface area contributed by atoms with Gasteiger partial charge in [-0.3, -0.25) is 9.88 Å². The number of anilines is 1. The van der Waals surface area contributed by atoms with Crippen LogP contribution in [0.25, 0.3) is 22.2 Å². The van der Waals surface area contributed by atoms with Crippen LogP contribution >= 0.6 is 0 Å². The van der Waals surface area contributed by atoms with E-state index in [2.05, 4.69) is 26.3 Å². The Labute approximate surface area is 237 Å². The van der Waals surface area contributed by atoms with E-state index in [9.17, 15) is 27.2 Å². The summed E-state index contributed by atoms with van der Waals surface area (Å²) < 4.78 is 92.2. The van der Waals surface area contributed by atoms with Gasteiger partial charge >= 0.3 is 12.2 Å². The highest BCUT2D eigenvalue weighted by Gasteiger charge is 2.49. The fourth-order valence-corrected chi connectivity index (χ4v) is 6.44. The summed E-state index contributed by atoms with van der Waals surface area (Å²) in [5.74, 6) is -2.50. The van der Waals surface area contributed by atoms with Crippen LogP contribution in [0.5, 0.6) is 6.01 Å². The maximum absolute atomic E-state index is 16.2. The number of rotatable bonds is 6. The second-order valence-corrected chi connectivity index (χ2v) is 11.0. The molecule has 3 aliphatic rings. The van der Waals surface area contributed by atoms with Gasteiger partial charge in [-0.15, -0.1) is 0 Å². The van der Waals surface area contributed by atoms with Gasteiger partial charge in [0.05, 0.1) is 23.4 Å². The zero-order valence-corrected chi connectivity index (χ0v) is 22.4. The molecule has 0 amide bonds. The zero-order valence-electron chi connectivity index (χ0n) is 22.4. The van der Waals surface area contributed by atoms with E-state index in [1.807, 2.05) is 9.80 Å². The summed E-state index contributed by atoms with van der Waals surface area (Å²) in [5.41, 5.74) is -4.00. The number of aromatic nitrogens is 3. The fraction of sp³-hybridized carbons (Fsp3) is 0.500. The van der Waals surface area contributed by atoms with Gasteiger partial charge in [0, 0.05) is 50.4 Å². The second-order valence-electron chi connectivity index (χ2n) is 11.0. The monoisotopic (exact) mass is 591 g/mol. The number of fused-ring (bicyclic) bond motifs is 2. The van der Waals surface area contributed by atoms with Crippen molar-refractivity contribution in [3.63, 3.8) is 0 Å². The molecule has 0 unspecified atom stereocenters. The largest absolute Gasteiger partial charge is 0.461 e. The number of pyridine rings is 1. The summed E-state index contributed by atoms with van der Waals surface area (Å²) in [6.07, 6.45) is -2.86. The smallest absolute Gasteiger partial charge is 0.419 e. The molecular formula is C28H27F6N7O. The number of hydrogen-bond acceptors (Lipinski definition) is 8. The molecule has 3 aromatic rings. The molecule has 8 nitrogen and oxygen atoms in total. The predicted molar refractivity (Wildman–Crippen MR) is 140 cm³/mol. The van der Waals surface area contributed by atoms with Crippen LogP contribution in [0.15, 0.2) is 24.4 Å². The van der Waals surface area contributed by atoms with E-state index in [1.54, 1.807) is 0 Å². The molecule has 2 aromatic heterocycles. The third kappa shape index (κ3) is 5.09. The van der Waals surface area contributed by atoms with Crippen molar-refractivity contribution < 1.29 is 31.1 Å². The Morgan fingerprint density at radius 2 is 2.00 bits per heavy atom. The standard InChI is InChI=1S/C28H27F6N7O/c29-16-11-27(6-2-9-41(27)13-16)15-42-26-38-24-19(25(39-26)40-10-8-36-17(14-40)5-7-35)12-37-23(22(24)31)18-3-1-4-20(30)21(18)28(32,33)34/h1,3-4,12,16-17,36H,2,5-6,8-11,13-15H2/t16-,17+,27+/m1/s1. The first-order valence-corrected chi connectivity index (χ1v) is 13.7. The van der Waals surface area contributed by atoms with Crippen LogP contribution in [0.4, 0.5) is 32.2 Å². The molecule has 0 saturated carbocycles. The summed E-state index contributed by atoms with van der Waals surface area (Å²) in [7, 11) is 0. The van der Waals surface area contributed by atoms with Crippen LogP contribution in [-0.2, 0) is 6.18 Å². The maximum atomic E-state index is 16.2. The number of piperazine rings is 1. The van der Waals surface area contributed by atoms with Gasteiger partial charge in [0.25, 0.3) is 0 Å². The summed E-state index contributed by atoms with van der Waals surface area (Å²) in [6, 6.07) is 4.34. The van der Waals surface area contributed by atoms with E-state index < -0.39 is 46.3 Å². The van der Waals surface area contributed by atoms with Crippen molar-refractivity contribution in [1.29, 1.82) is 5.26 Å². The van der Waals surface area contributed by atoms with E-state index in [0.717, 1.165) is 25.1 Å². The Bertz CT molecular complexity index is 1550. The molecular weight excluding hydrogens is 564 g/mol. The highest BCUT2D eigenvalue weighted by molar-refractivity contribution is 5.92. The van der Waals surface area contributed by atoms with E-state index in [4.69, 9.17) is 4.74 Å². The molecule has 3 aliphatic heterocycles. The van der Waals surface area contributed by atoms with Gasteiger partial charge in [0.15, 0.2) is 5.82 Å². The first-order valence-electron chi connectivity index (χ1n) is 13.7. The number of ether oxygens (including phenoxy) is 1. The van der Waals surface area contributed by atoms with Gasteiger partial charge in [-0.2, -0.15) is 28.4 Å². The van der Waals surface area contributed by atoms with E-state index >= 15 is 4.39 Å². The van der Waals surface area contributed by atoms with Crippen molar-refractivity contribution in [3.8, 4) is 23.3 Å². The minimum Gasteiger partial charge on any atom is -0.461 e. The number of nitrogens with one attached hydrogen (secondary N) is 1. The molecule has 1 N–H and O–H groups in total. The lowest BCUT2D eigenvalue weighted by Gasteiger charge is -2.34. The van der Waals surface area contributed by atoms with Gasteiger partial charge < -0.3 is 15.0 Å². The highest BCUT2D eigenvalue weighted by Crippen LogP contribution is 2.42. The van der Waals surface area contributed by atoms with Crippen molar-refractivity contribution in [3.05, 3.63) is 41.6 Å². The lowest BCUT2D eigenvalue weighted by atomic mass is 9.95. The average Bonchev–Trinajstić information content (AvgIpc) is 3.47. The topological polar surface area (TPSA) is 90.2 Å². The summed E-state index contributed by atoms with van der Waals surface area (Å²) in [6.45, 7) is 2.35. The number of halogens is 6. The minimum absolute atomic E-state index is 0.0542. The van der Waals surface area contributed by atoms with Crippen LogP contribution in [0.1, 0.15) is 31.2 Å². The SMILES string of the molecule is N#CC[C@H]1CN(c2nc(OC[C@@]34CCCN3C[C@H](F)C4)nc3c(F)c(-c4cccc(F)c4C(F)(F)F)ncc23)CCN1. The Kier molecular flexibility index (Phi) is 7.34. The first kappa shape index (κ1) is 28.4. The van der Waals surface area contributed by atoms with Gasteiger partial charge in [0.1, 0.15) is 41.2 Å². The van der Waals surface area contributed by atoms with Gasteiger partial charge in [-0.1, -0.05) is 12.1 Å². The molecule has 3 atom stereocenters. The third-order valence-electron chi connectivity index (χ3n) is 8.32. The summed E-state index contributed by atoms with van der Waals surface area (Å²) in [4.78, 5) is 16.6. The predicted octanol–water partition coefficient (Wildman–Crippen LogP) is 4.64. The Hall–Kier alpha value is -3.70. The number of alkyl halides is 4. The number of nitriles is 1. The number of hydrogen-bond donors (Lipinski definition) is 1. The molecule has 0 bridgehead atoms. The molecule has 14 heteroatoms. The van der Waals surface area contributed by atoms with E-state index in [-0.39, 0.29) is 48.2 Å². The van der Waals surface area contributed by atoms with Crippen LogP contribution in [0, 0.1) is 23.0 Å². The first-order chi connectivity index (χ1) is 20.1. The second kappa shape index (κ2) is 10.9. The zero-order chi connectivity index (χ0) is 29.6. The molecule has 222 valence electrons. The van der Waals surface area contributed by atoms with Crippen LogP contribution in [0.3, 0.4) is 0 Å². The van der Waals surface area contributed by atoms with Crippen molar-refractivity contribution in [2.45, 2.75) is 49.6 Å². The van der Waals surface area contributed by atoms with Crippen LogP contribution < -0.4 is 15.0 Å². The van der Waals surface area contributed by atoms with Crippen molar-refractivity contribution in [2.75, 3.05) is 44.2 Å². The minimum atomic E-state index is -5.10. The lowest BCUT2D eigenvalue weighted by Crippen LogP contribution is -2.51. The van der Waals surface area contributed by atoms with Crippen LogP contribution in [0.2, 0.25) is 0 Å². The van der Waals surface area contributed by atoms with E-state index in [1.165, 1.54) is 6.20 Å². The van der Waals surface area contributed by atoms with Gasteiger partial charge in [-0.25, -0.2) is 13.2 Å². The quantitative estimate of drug-likeness (QED) is 0.415. The Balaban J connectivity index is 1.45. The summed E-state index contributed by atoms with van der Waals surface area (Å²) in [5, 5.41) is 12.5.